The van der Waals surface area contributed by atoms with Crippen LogP contribution < -0.4 is 0 Å². The lowest BCUT2D eigenvalue weighted by molar-refractivity contribution is 0.562. The lowest BCUT2D eigenvalue weighted by atomic mass is 10.1. The molecule has 28 heavy (non-hydrogen) atoms. The van der Waals surface area contributed by atoms with E-state index in [-0.39, 0.29) is 0 Å². The van der Waals surface area contributed by atoms with Gasteiger partial charge < -0.3 is 0 Å². The van der Waals surface area contributed by atoms with Crippen molar-refractivity contribution >= 4 is 7.26 Å². The first-order chi connectivity index (χ1) is 13.7. The second-order valence-electron chi connectivity index (χ2n) is 9.54. The van der Waals surface area contributed by atoms with Crippen molar-refractivity contribution in [3.05, 3.63) is 0 Å². The highest BCUT2D eigenvalue weighted by Crippen LogP contribution is 2.61. The van der Waals surface area contributed by atoms with E-state index in [0.717, 1.165) is 0 Å². The molecular formula is C27H58P+. The fourth-order valence-electron chi connectivity index (χ4n) is 4.70. The molecule has 0 aliphatic rings. The Hall–Kier alpha value is 0.430. The van der Waals surface area contributed by atoms with E-state index in [1.165, 1.54) is 116 Å². The molecular weight excluding hydrogens is 355 g/mol. The van der Waals surface area contributed by atoms with Crippen LogP contribution in [0.4, 0.5) is 0 Å². The second-order valence-corrected chi connectivity index (χ2v) is 14.0. The van der Waals surface area contributed by atoms with E-state index in [9.17, 15) is 0 Å². The summed E-state index contributed by atoms with van der Waals surface area (Å²) in [6.45, 7) is 9.43. The Kier molecular flexibility index (Phi) is 22.5. The Morgan fingerprint density at radius 1 is 0.286 bits per heavy atom. The summed E-state index contributed by atoms with van der Waals surface area (Å²) in [5.41, 5.74) is 0. The van der Waals surface area contributed by atoms with Crippen LogP contribution in [0.1, 0.15) is 150 Å². The first kappa shape index (κ1) is 28.4. The lowest BCUT2D eigenvalue weighted by Crippen LogP contribution is -2.13. The Morgan fingerprint density at radius 2 is 0.500 bits per heavy atom. The van der Waals surface area contributed by atoms with Crippen molar-refractivity contribution in [2.45, 2.75) is 150 Å². The Bertz CT molecular complexity index is 259. The normalized spacial score (nSPS) is 12.0. The Balaban J connectivity index is 4.26. The molecule has 0 rings (SSSR count). The van der Waals surface area contributed by atoms with Gasteiger partial charge in [-0.05, 0) is 32.1 Å². The number of hydrogen-bond donors (Lipinski definition) is 0. The third-order valence-corrected chi connectivity index (χ3v) is 11.8. The molecule has 1 heteroatoms. The van der Waals surface area contributed by atoms with E-state index >= 15 is 0 Å². The van der Waals surface area contributed by atoms with E-state index in [0.29, 0.717) is 0 Å². The van der Waals surface area contributed by atoms with E-state index in [4.69, 9.17) is 0 Å². The van der Waals surface area contributed by atoms with Crippen LogP contribution in [0.2, 0.25) is 0 Å². The molecule has 0 saturated carbocycles. The molecule has 0 unspecified atom stereocenters. The SMILES string of the molecule is CCCCCCCCCCCC[P+](CCCCC)(CCCCC)CCCCC. The second kappa shape index (κ2) is 22.1. The van der Waals surface area contributed by atoms with Crippen LogP contribution in [-0.4, -0.2) is 24.6 Å². The summed E-state index contributed by atoms with van der Waals surface area (Å²) in [5.74, 6) is 0. The third-order valence-electron chi connectivity index (χ3n) is 6.69. The van der Waals surface area contributed by atoms with Crippen LogP contribution in [0, 0.1) is 0 Å². The summed E-state index contributed by atoms with van der Waals surface area (Å²) in [6, 6.07) is 0. The summed E-state index contributed by atoms with van der Waals surface area (Å²) in [6.07, 6.45) is 34.5. The van der Waals surface area contributed by atoms with E-state index in [2.05, 4.69) is 27.7 Å². The van der Waals surface area contributed by atoms with Gasteiger partial charge in [-0.15, -0.1) is 0 Å². The van der Waals surface area contributed by atoms with E-state index in [1.807, 2.05) is 0 Å². The van der Waals surface area contributed by atoms with E-state index < -0.39 is 7.26 Å². The van der Waals surface area contributed by atoms with Gasteiger partial charge in [0, 0.05) is 7.26 Å². The van der Waals surface area contributed by atoms with Gasteiger partial charge in [-0.25, -0.2) is 0 Å². The highest BCUT2D eigenvalue weighted by atomic mass is 31.2. The molecule has 0 aromatic carbocycles. The molecule has 0 spiro atoms. The largest absolute Gasteiger partial charge is 0.0654 e. The molecule has 0 N–H and O–H groups in total. The summed E-state index contributed by atoms with van der Waals surface area (Å²) in [7, 11) is -0.659. The Labute approximate surface area is 181 Å². The Morgan fingerprint density at radius 3 is 0.821 bits per heavy atom. The third kappa shape index (κ3) is 17.3. The van der Waals surface area contributed by atoms with Gasteiger partial charge in [-0.3, -0.25) is 0 Å². The van der Waals surface area contributed by atoms with Crippen molar-refractivity contribution in [2.75, 3.05) is 24.6 Å². The minimum Gasteiger partial charge on any atom is -0.0654 e. The smallest absolute Gasteiger partial charge is 0.0594 e. The van der Waals surface area contributed by atoms with Crippen LogP contribution in [0.25, 0.3) is 0 Å². The van der Waals surface area contributed by atoms with Gasteiger partial charge in [-0.1, -0.05) is 118 Å². The zero-order chi connectivity index (χ0) is 20.8. The van der Waals surface area contributed by atoms with Gasteiger partial charge in [-0.2, -0.15) is 0 Å². The predicted octanol–water partition coefficient (Wildman–Crippen LogP) is 10.5. The van der Waals surface area contributed by atoms with E-state index in [1.54, 1.807) is 31.1 Å². The summed E-state index contributed by atoms with van der Waals surface area (Å²) in [4.78, 5) is 0. The van der Waals surface area contributed by atoms with Gasteiger partial charge in [0.2, 0.25) is 0 Å². The van der Waals surface area contributed by atoms with Crippen molar-refractivity contribution < 1.29 is 0 Å². The van der Waals surface area contributed by atoms with Gasteiger partial charge in [0.1, 0.15) is 0 Å². The number of hydrogen-bond acceptors (Lipinski definition) is 0. The molecule has 0 aromatic heterocycles. The van der Waals surface area contributed by atoms with Crippen LogP contribution in [0.15, 0.2) is 0 Å². The number of rotatable bonds is 23. The highest BCUT2D eigenvalue weighted by Gasteiger charge is 2.34. The molecule has 0 amide bonds. The van der Waals surface area contributed by atoms with Crippen LogP contribution in [0.3, 0.4) is 0 Å². The average Bonchev–Trinajstić information content (AvgIpc) is 2.70. The van der Waals surface area contributed by atoms with Crippen molar-refractivity contribution in [1.82, 2.24) is 0 Å². The minimum absolute atomic E-state index is 0.659. The zero-order valence-electron chi connectivity index (χ0n) is 20.7. The quantitative estimate of drug-likeness (QED) is 0.115. The van der Waals surface area contributed by atoms with Crippen LogP contribution >= 0.6 is 7.26 Å². The maximum absolute atomic E-state index is 2.37. The van der Waals surface area contributed by atoms with Crippen molar-refractivity contribution in [1.29, 1.82) is 0 Å². The lowest BCUT2D eigenvalue weighted by Gasteiger charge is -2.28. The van der Waals surface area contributed by atoms with Gasteiger partial charge in [0.25, 0.3) is 0 Å². The molecule has 0 radical (unpaired) electrons. The highest BCUT2D eigenvalue weighted by molar-refractivity contribution is 7.75. The molecule has 0 nitrogen and oxygen atoms in total. The van der Waals surface area contributed by atoms with Crippen molar-refractivity contribution in [3.8, 4) is 0 Å². The molecule has 0 atom stereocenters. The monoisotopic (exact) mass is 413 g/mol. The van der Waals surface area contributed by atoms with Crippen LogP contribution in [-0.2, 0) is 0 Å². The molecule has 0 fully saturated rings. The molecule has 0 aliphatic heterocycles. The zero-order valence-corrected chi connectivity index (χ0v) is 21.6. The molecule has 0 heterocycles. The molecule has 0 saturated heterocycles. The number of unbranched alkanes of at least 4 members (excludes halogenated alkanes) is 15. The van der Waals surface area contributed by atoms with Gasteiger partial charge >= 0.3 is 0 Å². The topological polar surface area (TPSA) is 0 Å². The van der Waals surface area contributed by atoms with Gasteiger partial charge in [0.15, 0.2) is 0 Å². The summed E-state index contributed by atoms with van der Waals surface area (Å²) >= 11 is 0. The molecule has 0 bridgehead atoms. The van der Waals surface area contributed by atoms with Crippen molar-refractivity contribution in [3.63, 3.8) is 0 Å². The predicted molar refractivity (Wildman–Crippen MR) is 137 cm³/mol. The summed E-state index contributed by atoms with van der Waals surface area (Å²) < 4.78 is 0. The molecule has 0 aromatic rings. The maximum Gasteiger partial charge on any atom is 0.0594 e. The minimum atomic E-state index is -0.659. The van der Waals surface area contributed by atoms with Crippen LogP contribution in [0.5, 0.6) is 0 Å². The first-order valence-electron chi connectivity index (χ1n) is 13.6. The van der Waals surface area contributed by atoms with Gasteiger partial charge in [0.05, 0.1) is 24.6 Å². The average molecular weight is 414 g/mol. The summed E-state index contributed by atoms with van der Waals surface area (Å²) in [5, 5.41) is 0. The fraction of sp³-hybridized carbons (Fsp3) is 1.00. The van der Waals surface area contributed by atoms with Crippen molar-refractivity contribution in [2.24, 2.45) is 0 Å². The first-order valence-corrected chi connectivity index (χ1v) is 16.1. The maximum atomic E-state index is 2.37. The fourth-order valence-corrected chi connectivity index (χ4v) is 9.62. The standard InChI is InChI=1S/C27H58P/c1-5-9-13-14-15-16-17-18-19-23-27-28(24-20-10-6-2,25-21-11-7-3)26-22-12-8-4/h5-27H2,1-4H3/q+1. The molecule has 170 valence electrons. The molecule has 0 aliphatic carbocycles.